The molecular weight excluding hydrogens is 252 g/mol. The first kappa shape index (κ1) is 11.0. The Kier molecular flexibility index (Phi) is 3.03. The van der Waals surface area contributed by atoms with Crippen molar-refractivity contribution in [3.63, 3.8) is 0 Å². The van der Waals surface area contributed by atoms with E-state index in [4.69, 9.17) is 5.73 Å². The highest BCUT2D eigenvalue weighted by Crippen LogP contribution is 2.38. The van der Waals surface area contributed by atoms with Crippen LogP contribution in [0.1, 0.15) is 24.8 Å². The fourth-order valence-electron chi connectivity index (χ4n) is 2.38. The molecule has 1 aromatic rings. The van der Waals surface area contributed by atoms with E-state index in [0.29, 0.717) is 5.92 Å². The van der Waals surface area contributed by atoms with Crippen molar-refractivity contribution in [1.29, 1.82) is 0 Å². The molecule has 0 saturated heterocycles. The number of anilines is 1. The molecule has 0 amide bonds. The zero-order chi connectivity index (χ0) is 11.0. The zero-order valence-electron chi connectivity index (χ0n) is 9.20. The third-order valence-electron chi connectivity index (χ3n) is 2.99. The molecule has 3 heteroatoms. The summed E-state index contributed by atoms with van der Waals surface area (Å²) in [4.78, 5) is 2.31. The van der Waals surface area contributed by atoms with Gasteiger partial charge in [-0.1, -0.05) is 15.9 Å². The van der Waals surface area contributed by atoms with Crippen LogP contribution in [0.15, 0.2) is 22.7 Å². The molecule has 82 valence electrons. The Balaban J connectivity index is 2.31. The van der Waals surface area contributed by atoms with Crippen LogP contribution in [-0.2, 0) is 0 Å². The lowest BCUT2D eigenvalue weighted by molar-refractivity contribution is 0.572. The average molecular weight is 269 g/mol. The summed E-state index contributed by atoms with van der Waals surface area (Å²) in [6, 6.07) is 6.78. The van der Waals surface area contributed by atoms with E-state index in [-0.39, 0.29) is 6.04 Å². The van der Waals surface area contributed by atoms with E-state index < -0.39 is 0 Å². The number of nitrogens with zero attached hydrogens (tertiary/aromatic N) is 1. The van der Waals surface area contributed by atoms with Crippen molar-refractivity contribution >= 4 is 21.6 Å². The number of rotatable bonds is 2. The molecule has 2 N–H and O–H groups in total. The summed E-state index contributed by atoms with van der Waals surface area (Å²) in [7, 11) is 2.15. The monoisotopic (exact) mass is 268 g/mol. The van der Waals surface area contributed by atoms with Crippen molar-refractivity contribution in [2.75, 3.05) is 18.5 Å². The molecule has 15 heavy (non-hydrogen) atoms. The first-order valence-electron chi connectivity index (χ1n) is 5.34. The summed E-state index contributed by atoms with van der Waals surface area (Å²) in [5.41, 5.74) is 8.67. The van der Waals surface area contributed by atoms with E-state index >= 15 is 0 Å². The molecular formula is C12H17BrN2. The molecule has 1 aromatic carbocycles. The molecule has 1 aliphatic heterocycles. The number of hydrogen-bond donors (Lipinski definition) is 1. The second-order valence-electron chi connectivity index (χ2n) is 4.49. The van der Waals surface area contributed by atoms with Crippen LogP contribution >= 0.6 is 15.9 Å². The Labute approximate surface area is 99.6 Å². The number of halogens is 1. The van der Waals surface area contributed by atoms with E-state index in [1.807, 2.05) is 0 Å². The van der Waals surface area contributed by atoms with Crippen LogP contribution in [0.2, 0.25) is 0 Å². The minimum absolute atomic E-state index is 0.272. The maximum absolute atomic E-state index is 5.88. The van der Waals surface area contributed by atoms with Crippen molar-refractivity contribution < 1.29 is 0 Å². The molecule has 0 fully saturated rings. The highest BCUT2D eigenvalue weighted by Gasteiger charge is 2.26. The molecule has 2 atom stereocenters. The lowest BCUT2D eigenvalue weighted by atomic mass is 9.95. The smallest absolute Gasteiger partial charge is 0.0400 e. The van der Waals surface area contributed by atoms with Crippen molar-refractivity contribution in [3.05, 3.63) is 28.2 Å². The summed E-state index contributed by atoms with van der Waals surface area (Å²) < 4.78 is 1.16. The Morgan fingerprint density at radius 2 is 2.33 bits per heavy atom. The lowest BCUT2D eigenvalue weighted by Crippen LogP contribution is -2.22. The summed E-state index contributed by atoms with van der Waals surface area (Å²) in [6.45, 7) is 3.17. The van der Waals surface area contributed by atoms with Gasteiger partial charge in [0.25, 0.3) is 0 Å². The Bertz CT molecular complexity index is 361. The molecule has 2 nitrogen and oxygen atoms in total. The van der Waals surface area contributed by atoms with Crippen LogP contribution in [0, 0.1) is 0 Å². The van der Waals surface area contributed by atoms with Gasteiger partial charge in [0.15, 0.2) is 0 Å². The van der Waals surface area contributed by atoms with Crippen molar-refractivity contribution in [1.82, 2.24) is 0 Å². The quantitative estimate of drug-likeness (QED) is 0.894. The van der Waals surface area contributed by atoms with Crippen molar-refractivity contribution in [2.24, 2.45) is 5.73 Å². The first-order chi connectivity index (χ1) is 7.08. The maximum Gasteiger partial charge on any atom is 0.0400 e. The number of benzene rings is 1. The van der Waals surface area contributed by atoms with E-state index in [9.17, 15) is 0 Å². The predicted octanol–water partition coefficient (Wildman–Crippen LogP) is 2.72. The third-order valence-corrected chi connectivity index (χ3v) is 3.48. The van der Waals surface area contributed by atoms with Gasteiger partial charge in [-0.25, -0.2) is 0 Å². The van der Waals surface area contributed by atoms with E-state index in [1.54, 1.807) is 0 Å². The summed E-state index contributed by atoms with van der Waals surface area (Å²) in [5.74, 6) is 0.586. The van der Waals surface area contributed by atoms with E-state index in [2.05, 4.69) is 53.0 Å². The maximum atomic E-state index is 5.88. The van der Waals surface area contributed by atoms with Crippen LogP contribution in [-0.4, -0.2) is 19.6 Å². The summed E-state index contributed by atoms with van der Waals surface area (Å²) in [5, 5.41) is 0. The Morgan fingerprint density at radius 3 is 3.00 bits per heavy atom. The fraction of sp³-hybridized carbons (Fsp3) is 0.500. The third kappa shape index (κ3) is 2.18. The number of hydrogen-bond acceptors (Lipinski definition) is 2. The van der Waals surface area contributed by atoms with Gasteiger partial charge in [0.2, 0.25) is 0 Å². The SMILES string of the molecule is CC(N)CC1CN(C)c2ccc(Br)cc21. The molecule has 2 rings (SSSR count). The number of nitrogens with two attached hydrogens (primary N) is 1. The average Bonchev–Trinajstić information content (AvgIpc) is 2.42. The highest BCUT2D eigenvalue weighted by molar-refractivity contribution is 9.10. The molecule has 0 bridgehead atoms. The van der Waals surface area contributed by atoms with Gasteiger partial charge >= 0.3 is 0 Å². The second kappa shape index (κ2) is 4.14. The Morgan fingerprint density at radius 1 is 1.60 bits per heavy atom. The second-order valence-corrected chi connectivity index (χ2v) is 5.41. The van der Waals surface area contributed by atoms with Gasteiger partial charge in [-0.05, 0) is 37.1 Å². The number of likely N-dealkylation sites (N-methyl/N-ethyl adjacent to an activating group) is 1. The minimum atomic E-state index is 0.272. The lowest BCUT2D eigenvalue weighted by Gasteiger charge is -2.14. The van der Waals surface area contributed by atoms with Crippen LogP contribution in [0.5, 0.6) is 0 Å². The molecule has 0 saturated carbocycles. The topological polar surface area (TPSA) is 29.3 Å². The fourth-order valence-corrected chi connectivity index (χ4v) is 2.76. The van der Waals surface area contributed by atoms with Gasteiger partial charge in [-0.15, -0.1) is 0 Å². The van der Waals surface area contributed by atoms with Gasteiger partial charge in [0.05, 0.1) is 0 Å². The summed E-state index contributed by atoms with van der Waals surface area (Å²) >= 11 is 3.53. The van der Waals surface area contributed by atoms with Crippen LogP contribution in [0.25, 0.3) is 0 Å². The predicted molar refractivity (Wildman–Crippen MR) is 68.4 cm³/mol. The van der Waals surface area contributed by atoms with Gasteiger partial charge in [0.1, 0.15) is 0 Å². The van der Waals surface area contributed by atoms with Crippen molar-refractivity contribution in [3.8, 4) is 0 Å². The molecule has 0 aromatic heterocycles. The molecule has 0 radical (unpaired) electrons. The van der Waals surface area contributed by atoms with Crippen LogP contribution < -0.4 is 10.6 Å². The van der Waals surface area contributed by atoms with E-state index in [1.165, 1.54) is 11.3 Å². The Hall–Kier alpha value is -0.540. The van der Waals surface area contributed by atoms with E-state index in [0.717, 1.165) is 17.4 Å². The van der Waals surface area contributed by atoms with Crippen LogP contribution in [0.4, 0.5) is 5.69 Å². The largest absolute Gasteiger partial charge is 0.374 e. The van der Waals surface area contributed by atoms with Gasteiger partial charge in [0, 0.05) is 35.7 Å². The summed E-state index contributed by atoms with van der Waals surface area (Å²) in [6.07, 6.45) is 1.06. The molecule has 0 aliphatic carbocycles. The zero-order valence-corrected chi connectivity index (χ0v) is 10.8. The standard InChI is InChI=1S/C12H17BrN2/c1-8(14)5-9-7-15(2)12-4-3-10(13)6-11(9)12/h3-4,6,8-9H,5,7,14H2,1-2H3. The highest BCUT2D eigenvalue weighted by atomic mass is 79.9. The normalized spacial score (nSPS) is 21.6. The molecule has 0 spiro atoms. The molecule has 1 aliphatic rings. The van der Waals surface area contributed by atoms with Crippen LogP contribution in [0.3, 0.4) is 0 Å². The first-order valence-corrected chi connectivity index (χ1v) is 6.13. The van der Waals surface area contributed by atoms with Gasteiger partial charge in [-0.2, -0.15) is 0 Å². The van der Waals surface area contributed by atoms with Crippen molar-refractivity contribution in [2.45, 2.75) is 25.3 Å². The minimum Gasteiger partial charge on any atom is -0.374 e. The molecule has 2 unspecified atom stereocenters. The molecule has 1 heterocycles. The van der Waals surface area contributed by atoms with Gasteiger partial charge < -0.3 is 10.6 Å². The number of fused-ring (bicyclic) bond motifs is 1. The van der Waals surface area contributed by atoms with Gasteiger partial charge in [-0.3, -0.25) is 0 Å².